The maximum Gasteiger partial charge on any atom is 0.254 e. The fraction of sp³-hybridized carbons (Fsp3) is 0.438. The number of amides is 3. The molecule has 7 heteroatoms. The standard InChI is InChI=1S/C16H15ClN2O4/c17-9-3-1-8(2-4-9)7-12(20)18-19-15(21)13-10-5-6-11(23-10)14(13)16(19)22/h1-4,10-11,13-14H,5-7H2,(H,18,20)/t10-,11+,13-,14+. The summed E-state index contributed by atoms with van der Waals surface area (Å²) in [6.45, 7) is 0. The topological polar surface area (TPSA) is 75.7 Å². The highest BCUT2D eigenvalue weighted by atomic mass is 35.5. The molecule has 120 valence electrons. The van der Waals surface area contributed by atoms with E-state index in [1.807, 2.05) is 0 Å². The van der Waals surface area contributed by atoms with Crippen LogP contribution >= 0.6 is 11.6 Å². The zero-order chi connectivity index (χ0) is 16.1. The van der Waals surface area contributed by atoms with Crippen LogP contribution in [-0.4, -0.2) is 34.9 Å². The molecule has 3 saturated heterocycles. The van der Waals surface area contributed by atoms with Crippen LogP contribution in [-0.2, 0) is 25.5 Å². The minimum Gasteiger partial charge on any atom is -0.373 e. The summed E-state index contributed by atoms with van der Waals surface area (Å²) in [5.74, 6) is -1.97. The molecule has 1 aromatic rings. The van der Waals surface area contributed by atoms with Crippen molar-refractivity contribution in [3.05, 3.63) is 34.9 Å². The number of ether oxygens (including phenoxy) is 1. The van der Waals surface area contributed by atoms with Crippen molar-refractivity contribution >= 4 is 29.3 Å². The van der Waals surface area contributed by atoms with Crippen molar-refractivity contribution in [1.82, 2.24) is 10.4 Å². The smallest absolute Gasteiger partial charge is 0.254 e. The maximum atomic E-state index is 12.4. The normalized spacial score (nSPS) is 31.6. The number of hydrogen-bond acceptors (Lipinski definition) is 4. The van der Waals surface area contributed by atoms with Gasteiger partial charge in [0, 0.05) is 5.02 Å². The highest BCUT2D eigenvalue weighted by Crippen LogP contribution is 2.47. The fourth-order valence-corrected chi connectivity index (χ4v) is 3.90. The monoisotopic (exact) mass is 334 g/mol. The second kappa shape index (κ2) is 5.32. The lowest BCUT2D eigenvalue weighted by molar-refractivity contribution is -0.151. The van der Waals surface area contributed by atoms with Gasteiger partial charge in [0.1, 0.15) is 0 Å². The summed E-state index contributed by atoms with van der Waals surface area (Å²) in [4.78, 5) is 36.9. The summed E-state index contributed by atoms with van der Waals surface area (Å²) in [6, 6.07) is 6.85. The van der Waals surface area contributed by atoms with Crippen molar-refractivity contribution in [1.29, 1.82) is 0 Å². The van der Waals surface area contributed by atoms with E-state index in [0.717, 1.165) is 23.4 Å². The third-order valence-electron chi connectivity index (χ3n) is 4.80. The Hall–Kier alpha value is -1.92. The molecule has 1 aromatic carbocycles. The summed E-state index contributed by atoms with van der Waals surface area (Å²) in [5, 5.41) is 1.48. The molecule has 4 rings (SSSR count). The van der Waals surface area contributed by atoms with E-state index in [9.17, 15) is 14.4 Å². The van der Waals surface area contributed by atoms with Crippen LogP contribution in [0.1, 0.15) is 18.4 Å². The number of rotatable bonds is 3. The van der Waals surface area contributed by atoms with E-state index in [-0.39, 0.29) is 30.4 Å². The van der Waals surface area contributed by atoms with Gasteiger partial charge in [-0.25, -0.2) is 0 Å². The Kier molecular flexibility index (Phi) is 3.39. The number of fused-ring (bicyclic) bond motifs is 5. The molecule has 3 aliphatic heterocycles. The molecule has 0 radical (unpaired) electrons. The lowest BCUT2D eigenvalue weighted by Gasteiger charge is -2.18. The number of hydrazine groups is 1. The molecule has 4 atom stereocenters. The molecule has 1 N–H and O–H groups in total. The summed E-state index contributed by atoms with van der Waals surface area (Å²) < 4.78 is 5.65. The maximum absolute atomic E-state index is 12.4. The van der Waals surface area contributed by atoms with Crippen molar-refractivity contribution in [2.45, 2.75) is 31.5 Å². The molecular weight excluding hydrogens is 320 g/mol. The molecular formula is C16H15ClN2O4. The van der Waals surface area contributed by atoms with E-state index in [4.69, 9.17) is 16.3 Å². The van der Waals surface area contributed by atoms with Crippen LogP contribution in [0.2, 0.25) is 5.02 Å². The van der Waals surface area contributed by atoms with Gasteiger partial charge in [-0.3, -0.25) is 19.8 Å². The Balaban J connectivity index is 1.44. The number of nitrogens with one attached hydrogen (secondary N) is 1. The summed E-state index contributed by atoms with van der Waals surface area (Å²) >= 11 is 5.80. The fourth-order valence-electron chi connectivity index (χ4n) is 3.77. The average molecular weight is 335 g/mol. The molecule has 0 saturated carbocycles. The van der Waals surface area contributed by atoms with Crippen LogP contribution in [0.3, 0.4) is 0 Å². The van der Waals surface area contributed by atoms with Gasteiger partial charge in [0.2, 0.25) is 5.91 Å². The third kappa shape index (κ3) is 2.33. The molecule has 0 spiro atoms. The number of imide groups is 1. The van der Waals surface area contributed by atoms with Crippen molar-refractivity contribution in [2.75, 3.05) is 0 Å². The molecule has 6 nitrogen and oxygen atoms in total. The first-order valence-electron chi connectivity index (χ1n) is 7.62. The Morgan fingerprint density at radius 1 is 1.13 bits per heavy atom. The Labute approximate surface area is 137 Å². The van der Waals surface area contributed by atoms with Gasteiger partial charge in [-0.2, -0.15) is 5.01 Å². The van der Waals surface area contributed by atoms with Crippen LogP contribution in [0.25, 0.3) is 0 Å². The van der Waals surface area contributed by atoms with Gasteiger partial charge in [-0.1, -0.05) is 23.7 Å². The predicted molar refractivity (Wildman–Crippen MR) is 80.0 cm³/mol. The lowest BCUT2D eigenvalue weighted by Crippen LogP contribution is -2.48. The van der Waals surface area contributed by atoms with E-state index in [1.165, 1.54) is 0 Å². The van der Waals surface area contributed by atoms with E-state index in [0.29, 0.717) is 5.02 Å². The Morgan fingerprint density at radius 2 is 1.70 bits per heavy atom. The van der Waals surface area contributed by atoms with Crippen LogP contribution in [0.15, 0.2) is 24.3 Å². The minimum absolute atomic E-state index is 0.0763. The van der Waals surface area contributed by atoms with Crippen LogP contribution in [0, 0.1) is 11.8 Å². The molecule has 3 heterocycles. The van der Waals surface area contributed by atoms with Gasteiger partial charge in [-0.05, 0) is 30.5 Å². The van der Waals surface area contributed by atoms with E-state index < -0.39 is 17.7 Å². The molecule has 0 aromatic heterocycles. The van der Waals surface area contributed by atoms with Gasteiger partial charge >= 0.3 is 0 Å². The highest BCUT2D eigenvalue weighted by molar-refractivity contribution is 6.30. The predicted octanol–water partition coefficient (Wildman–Crippen LogP) is 1.08. The second-order valence-electron chi connectivity index (χ2n) is 6.19. The number of halogens is 1. The Morgan fingerprint density at radius 3 is 2.26 bits per heavy atom. The van der Waals surface area contributed by atoms with Crippen LogP contribution in [0.5, 0.6) is 0 Å². The zero-order valence-electron chi connectivity index (χ0n) is 12.2. The number of carbonyl (C=O) groups excluding carboxylic acids is 3. The molecule has 3 fully saturated rings. The van der Waals surface area contributed by atoms with Gasteiger partial charge in [0.05, 0.1) is 30.5 Å². The largest absolute Gasteiger partial charge is 0.373 e. The SMILES string of the molecule is O=C(Cc1ccc(Cl)cc1)NN1C(=O)[C@@H]2[C@H](C1=O)[C@H]1CC[C@@H]2O1. The number of nitrogens with zero attached hydrogens (tertiary/aromatic N) is 1. The molecule has 0 unspecified atom stereocenters. The number of benzene rings is 1. The second-order valence-corrected chi connectivity index (χ2v) is 6.63. The molecule has 3 amide bonds. The van der Waals surface area contributed by atoms with E-state index in [1.54, 1.807) is 24.3 Å². The Bertz CT molecular complexity index is 662. The van der Waals surface area contributed by atoms with Gasteiger partial charge < -0.3 is 4.74 Å². The van der Waals surface area contributed by atoms with Crippen molar-refractivity contribution in [2.24, 2.45) is 11.8 Å². The first-order valence-corrected chi connectivity index (χ1v) is 7.99. The van der Waals surface area contributed by atoms with Crippen molar-refractivity contribution in [3.63, 3.8) is 0 Å². The molecule has 2 bridgehead atoms. The molecule has 3 aliphatic rings. The lowest BCUT2D eigenvalue weighted by atomic mass is 9.81. The molecule has 23 heavy (non-hydrogen) atoms. The van der Waals surface area contributed by atoms with E-state index >= 15 is 0 Å². The number of hydrogen-bond donors (Lipinski definition) is 1. The summed E-state index contributed by atoms with van der Waals surface area (Å²) in [5.41, 5.74) is 3.20. The van der Waals surface area contributed by atoms with Crippen LogP contribution < -0.4 is 5.43 Å². The van der Waals surface area contributed by atoms with Crippen molar-refractivity contribution in [3.8, 4) is 0 Å². The third-order valence-corrected chi connectivity index (χ3v) is 5.05. The van der Waals surface area contributed by atoms with Crippen molar-refractivity contribution < 1.29 is 19.1 Å². The minimum atomic E-state index is -0.433. The molecule has 0 aliphatic carbocycles. The summed E-state index contributed by atoms with van der Waals surface area (Å²) in [6.07, 6.45) is 1.32. The average Bonchev–Trinajstić information content (AvgIpc) is 3.19. The first-order chi connectivity index (χ1) is 11.0. The van der Waals surface area contributed by atoms with E-state index in [2.05, 4.69) is 5.43 Å². The quantitative estimate of drug-likeness (QED) is 0.839. The van der Waals surface area contributed by atoms with Gasteiger partial charge in [0.15, 0.2) is 0 Å². The zero-order valence-corrected chi connectivity index (χ0v) is 13.0. The summed E-state index contributed by atoms with van der Waals surface area (Å²) in [7, 11) is 0. The highest BCUT2D eigenvalue weighted by Gasteiger charge is 2.62. The van der Waals surface area contributed by atoms with Gasteiger partial charge in [-0.15, -0.1) is 0 Å². The number of carbonyl (C=O) groups is 3. The first kappa shape index (κ1) is 14.7. The van der Waals surface area contributed by atoms with Gasteiger partial charge in [0.25, 0.3) is 11.8 Å². The van der Waals surface area contributed by atoms with Crippen LogP contribution in [0.4, 0.5) is 0 Å².